The second-order valence-electron chi connectivity index (χ2n) is 8.38. The SMILES string of the molecule is COc1ccc(CN(C(=O)COc2ccccc2)[C@H](C)C(=O)NCCc2ccc(OC)c(OC)c2)cc1. The zero-order chi connectivity index (χ0) is 26.6. The minimum Gasteiger partial charge on any atom is -0.497 e. The fourth-order valence-electron chi connectivity index (χ4n) is 3.77. The number of para-hydroxylation sites is 1. The number of hydrogen-bond acceptors (Lipinski definition) is 6. The molecule has 0 saturated heterocycles. The van der Waals surface area contributed by atoms with Crippen molar-refractivity contribution in [2.45, 2.75) is 25.9 Å². The molecule has 0 aliphatic heterocycles. The lowest BCUT2D eigenvalue weighted by Gasteiger charge is -2.29. The van der Waals surface area contributed by atoms with Crippen LogP contribution >= 0.6 is 0 Å². The zero-order valence-electron chi connectivity index (χ0n) is 21.7. The molecule has 3 rings (SSSR count). The third-order valence-corrected chi connectivity index (χ3v) is 5.95. The van der Waals surface area contributed by atoms with Crippen LogP contribution in [-0.4, -0.2) is 57.2 Å². The second-order valence-corrected chi connectivity index (χ2v) is 8.38. The number of nitrogens with zero attached hydrogens (tertiary/aromatic N) is 1. The molecule has 0 aromatic heterocycles. The van der Waals surface area contributed by atoms with Crippen LogP contribution in [0.4, 0.5) is 0 Å². The topological polar surface area (TPSA) is 86.3 Å². The molecule has 1 N–H and O–H groups in total. The third kappa shape index (κ3) is 7.90. The van der Waals surface area contributed by atoms with Crippen LogP contribution in [0.15, 0.2) is 72.8 Å². The number of carbonyl (C=O) groups excluding carboxylic acids is 2. The van der Waals surface area contributed by atoms with Gasteiger partial charge in [0.15, 0.2) is 18.1 Å². The van der Waals surface area contributed by atoms with E-state index in [0.29, 0.717) is 30.2 Å². The van der Waals surface area contributed by atoms with Gasteiger partial charge in [0, 0.05) is 13.1 Å². The lowest BCUT2D eigenvalue weighted by molar-refractivity contribution is -0.142. The van der Waals surface area contributed by atoms with Crippen LogP contribution in [-0.2, 0) is 22.6 Å². The van der Waals surface area contributed by atoms with Gasteiger partial charge in [0.2, 0.25) is 5.91 Å². The molecule has 0 bridgehead atoms. The molecule has 0 spiro atoms. The monoisotopic (exact) mass is 506 g/mol. The summed E-state index contributed by atoms with van der Waals surface area (Å²) in [4.78, 5) is 27.8. The molecule has 37 heavy (non-hydrogen) atoms. The highest BCUT2D eigenvalue weighted by atomic mass is 16.5. The quantitative estimate of drug-likeness (QED) is 0.379. The Balaban J connectivity index is 1.65. The lowest BCUT2D eigenvalue weighted by atomic mass is 10.1. The number of amides is 2. The summed E-state index contributed by atoms with van der Waals surface area (Å²) in [5.74, 6) is 2.05. The molecule has 8 heteroatoms. The summed E-state index contributed by atoms with van der Waals surface area (Å²) in [6, 6.07) is 21.4. The lowest BCUT2D eigenvalue weighted by Crippen LogP contribution is -2.49. The Hall–Kier alpha value is -4.20. The first kappa shape index (κ1) is 27.4. The molecule has 0 unspecified atom stereocenters. The maximum atomic E-state index is 13.2. The highest BCUT2D eigenvalue weighted by Crippen LogP contribution is 2.27. The van der Waals surface area contributed by atoms with Gasteiger partial charge in [-0.2, -0.15) is 0 Å². The van der Waals surface area contributed by atoms with Crippen molar-refractivity contribution in [3.8, 4) is 23.0 Å². The van der Waals surface area contributed by atoms with Crippen LogP contribution in [0.25, 0.3) is 0 Å². The molecular weight excluding hydrogens is 472 g/mol. The number of carbonyl (C=O) groups is 2. The Morgan fingerprint density at radius 3 is 2.14 bits per heavy atom. The Morgan fingerprint density at radius 2 is 1.49 bits per heavy atom. The third-order valence-electron chi connectivity index (χ3n) is 5.95. The van der Waals surface area contributed by atoms with Gasteiger partial charge in [-0.25, -0.2) is 0 Å². The summed E-state index contributed by atoms with van der Waals surface area (Å²) in [5, 5.41) is 2.94. The van der Waals surface area contributed by atoms with Crippen molar-refractivity contribution >= 4 is 11.8 Å². The number of benzene rings is 3. The summed E-state index contributed by atoms with van der Waals surface area (Å²) in [6.45, 7) is 2.20. The molecule has 0 fully saturated rings. The molecule has 0 heterocycles. The Kier molecular flexibility index (Phi) is 10.2. The Bertz CT molecular complexity index is 1150. The summed E-state index contributed by atoms with van der Waals surface area (Å²) in [7, 11) is 4.77. The van der Waals surface area contributed by atoms with Crippen LogP contribution in [0, 0.1) is 0 Å². The molecule has 8 nitrogen and oxygen atoms in total. The van der Waals surface area contributed by atoms with E-state index in [9.17, 15) is 9.59 Å². The van der Waals surface area contributed by atoms with Crippen molar-refractivity contribution in [3.63, 3.8) is 0 Å². The van der Waals surface area contributed by atoms with Crippen LogP contribution in [0.1, 0.15) is 18.1 Å². The van der Waals surface area contributed by atoms with E-state index in [2.05, 4.69) is 5.32 Å². The smallest absolute Gasteiger partial charge is 0.261 e. The maximum Gasteiger partial charge on any atom is 0.261 e. The zero-order valence-corrected chi connectivity index (χ0v) is 21.7. The van der Waals surface area contributed by atoms with Crippen LogP contribution < -0.4 is 24.3 Å². The van der Waals surface area contributed by atoms with Crippen molar-refractivity contribution in [2.24, 2.45) is 0 Å². The van der Waals surface area contributed by atoms with Gasteiger partial charge in [0.05, 0.1) is 21.3 Å². The number of ether oxygens (including phenoxy) is 4. The molecule has 2 amide bonds. The largest absolute Gasteiger partial charge is 0.497 e. The van der Waals surface area contributed by atoms with Crippen molar-refractivity contribution < 1.29 is 28.5 Å². The van der Waals surface area contributed by atoms with Crippen molar-refractivity contribution in [2.75, 3.05) is 34.5 Å². The highest BCUT2D eigenvalue weighted by molar-refractivity contribution is 5.88. The first-order valence-electron chi connectivity index (χ1n) is 12.0. The standard InChI is InChI=1S/C29H34N2O6/c1-21(29(33)30-17-16-22-12-15-26(35-3)27(18-22)36-4)31(19-23-10-13-24(34-2)14-11-23)28(32)20-37-25-8-6-5-7-9-25/h5-15,18,21H,16-17,19-20H2,1-4H3,(H,30,33)/t21-/m1/s1. The number of rotatable bonds is 13. The van der Waals surface area contributed by atoms with Gasteiger partial charge >= 0.3 is 0 Å². The van der Waals surface area contributed by atoms with E-state index in [1.165, 1.54) is 4.90 Å². The van der Waals surface area contributed by atoms with Gasteiger partial charge in [-0.3, -0.25) is 9.59 Å². The summed E-state index contributed by atoms with van der Waals surface area (Å²) in [6.07, 6.45) is 0.600. The minimum absolute atomic E-state index is 0.177. The normalized spacial score (nSPS) is 11.2. The molecule has 0 saturated carbocycles. The van der Waals surface area contributed by atoms with E-state index >= 15 is 0 Å². The average molecular weight is 507 g/mol. The molecule has 196 valence electrons. The molecule has 3 aromatic carbocycles. The van der Waals surface area contributed by atoms with Crippen LogP contribution in [0.2, 0.25) is 0 Å². The van der Waals surface area contributed by atoms with E-state index in [1.807, 2.05) is 60.7 Å². The summed E-state index contributed by atoms with van der Waals surface area (Å²) in [5.41, 5.74) is 1.87. The van der Waals surface area contributed by atoms with E-state index in [4.69, 9.17) is 18.9 Å². The molecule has 0 aliphatic rings. The van der Waals surface area contributed by atoms with Gasteiger partial charge in [-0.15, -0.1) is 0 Å². The van der Waals surface area contributed by atoms with E-state index in [-0.39, 0.29) is 25.0 Å². The Morgan fingerprint density at radius 1 is 0.811 bits per heavy atom. The fraction of sp³-hybridized carbons (Fsp3) is 0.310. The van der Waals surface area contributed by atoms with Crippen molar-refractivity contribution in [1.29, 1.82) is 0 Å². The van der Waals surface area contributed by atoms with Crippen molar-refractivity contribution in [3.05, 3.63) is 83.9 Å². The second kappa shape index (κ2) is 13.8. The van der Waals surface area contributed by atoms with Gasteiger partial charge in [0.25, 0.3) is 5.91 Å². The van der Waals surface area contributed by atoms with Crippen LogP contribution in [0.3, 0.4) is 0 Å². The molecular formula is C29H34N2O6. The predicted octanol–water partition coefficient (Wildman–Crippen LogP) is 3.87. The van der Waals surface area contributed by atoms with E-state index in [1.54, 1.807) is 40.4 Å². The maximum absolute atomic E-state index is 13.2. The number of nitrogens with one attached hydrogen (secondary N) is 1. The minimum atomic E-state index is -0.709. The van der Waals surface area contributed by atoms with Gasteiger partial charge in [-0.05, 0) is 60.9 Å². The molecule has 0 radical (unpaired) electrons. The first-order chi connectivity index (χ1) is 17.9. The predicted molar refractivity (Wildman–Crippen MR) is 141 cm³/mol. The van der Waals surface area contributed by atoms with Gasteiger partial charge in [0.1, 0.15) is 17.5 Å². The molecule has 1 atom stereocenters. The number of methoxy groups -OCH3 is 3. The first-order valence-corrected chi connectivity index (χ1v) is 12.0. The van der Waals surface area contributed by atoms with Gasteiger partial charge in [-0.1, -0.05) is 36.4 Å². The van der Waals surface area contributed by atoms with Crippen LogP contribution in [0.5, 0.6) is 23.0 Å². The van der Waals surface area contributed by atoms with Gasteiger partial charge < -0.3 is 29.2 Å². The van der Waals surface area contributed by atoms with E-state index in [0.717, 1.165) is 16.9 Å². The molecule has 0 aliphatic carbocycles. The highest BCUT2D eigenvalue weighted by Gasteiger charge is 2.26. The molecule has 3 aromatic rings. The fourth-order valence-corrected chi connectivity index (χ4v) is 3.77. The Labute approximate surface area is 218 Å². The average Bonchev–Trinajstić information content (AvgIpc) is 2.94. The summed E-state index contributed by atoms with van der Waals surface area (Å²) < 4.78 is 21.5. The summed E-state index contributed by atoms with van der Waals surface area (Å²) >= 11 is 0. The number of hydrogen-bond donors (Lipinski definition) is 1. The van der Waals surface area contributed by atoms with Crippen molar-refractivity contribution in [1.82, 2.24) is 10.2 Å². The van der Waals surface area contributed by atoms with E-state index < -0.39 is 6.04 Å².